The molecular weight excluding hydrogens is 348 g/mol. The van der Waals surface area contributed by atoms with Crippen molar-refractivity contribution in [3.8, 4) is 12.3 Å². The van der Waals surface area contributed by atoms with Gasteiger partial charge in [-0.25, -0.2) is 4.39 Å². The van der Waals surface area contributed by atoms with Crippen LogP contribution in [0.15, 0.2) is 48.5 Å². The summed E-state index contributed by atoms with van der Waals surface area (Å²) in [6.45, 7) is -0.0156. The number of hydrogen-bond acceptors (Lipinski definition) is 2. The van der Waals surface area contributed by atoms with E-state index >= 15 is 0 Å². The van der Waals surface area contributed by atoms with Crippen LogP contribution in [0.3, 0.4) is 0 Å². The number of terminal acetylenes is 1. The topological polar surface area (TPSA) is 32.3 Å². The predicted molar refractivity (Wildman–Crippen MR) is 90.6 cm³/mol. The van der Waals surface area contributed by atoms with Crippen molar-refractivity contribution in [2.75, 3.05) is 18.4 Å². The first-order valence-electron chi connectivity index (χ1n) is 7.66. The molecule has 1 amide bonds. The summed E-state index contributed by atoms with van der Waals surface area (Å²) < 4.78 is 51.1. The van der Waals surface area contributed by atoms with Gasteiger partial charge in [0.15, 0.2) is 0 Å². The first kappa shape index (κ1) is 19.3. The lowest BCUT2D eigenvalue weighted by Gasteiger charge is -2.21. The van der Waals surface area contributed by atoms with Crippen LogP contribution in [0, 0.1) is 18.2 Å². The van der Waals surface area contributed by atoms with Crippen LogP contribution in [-0.2, 0) is 17.5 Å². The van der Waals surface area contributed by atoms with Gasteiger partial charge in [0.1, 0.15) is 5.82 Å². The number of rotatable bonds is 6. The molecule has 0 aliphatic rings. The van der Waals surface area contributed by atoms with Crippen molar-refractivity contribution in [3.63, 3.8) is 0 Å². The van der Waals surface area contributed by atoms with E-state index in [0.717, 1.165) is 12.1 Å². The van der Waals surface area contributed by atoms with E-state index in [0.29, 0.717) is 5.56 Å². The Morgan fingerprint density at radius 3 is 2.46 bits per heavy atom. The zero-order valence-electron chi connectivity index (χ0n) is 13.7. The van der Waals surface area contributed by atoms with E-state index in [-0.39, 0.29) is 31.2 Å². The highest BCUT2D eigenvalue weighted by Gasteiger charge is 2.30. The molecule has 7 heteroatoms. The molecule has 0 saturated carbocycles. The summed E-state index contributed by atoms with van der Waals surface area (Å²) in [5, 5.41) is 2.67. The Balaban J connectivity index is 2.01. The molecule has 0 aliphatic heterocycles. The molecular formula is C19H16F4N2O. The number of alkyl halides is 3. The van der Waals surface area contributed by atoms with Crippen molar-refractivity contribution in [1.82, 2.24) is 4.90 Å². The number of nitrogens with zero attached hydrogens (tertiary/aromatic N) is 1. The molecule has 136 valence electrons. The Hall–Kier alpha value is -3.01. The zero-order valence-corrected chi connectivity index (χ0v) is 13.7. The maximum atomic E-state index is 13.0. The minimum absolute atomic E-state index is 0.0283. The quantitative estimate of drug-likeness (QED) is 0.623. The molecule has 0 heterocycles. The molecule has 0 unspecified atom stereocenters. The molecule has 2 aromatic rings. The van der Waals surface area contributed by atoms with Crippen LogP contribution in [0.4, 0.5) is 23.2 Å². The maximum Gasteiger partial charge on any atom is 0.416 e. The summed E-state index contributed by atoms with van der Waals surface area (Å²) >= 11 is 0. The second kappa shape index (κ2) is 8.39. The number of anilines is 1. The minimum Gasteiger partial charge on any atom is -0.376 e. The van der Waals surface area contributed by atoms with E-state index in [9.17, 15) is 22.4 Å². The third-order valence-electron chi connectivity index (χ3n) is 3.56. The van der Waals surface area contributed by atoms with Crippen LogP contribution >= 0.6 is 0 Å². The molecule has 0 radical (unpaired) electrons. The molecule has 26 heavy (non-hydrogen) atoms. The van der Waals surface area contributed by atoms with Gasteiger partial charge in [0.05, 0.1) is 18.7 Å². The SMILES string of the molecule is C#CCN(Cc1ccc(F)cc1)C(=O)CNc1cccc(C(F)(F)F)c1. The van der Waals surface area contributed by atoms with Crippen LogP contribution in [-0.4, -0.2) is 23.9 Å². The predicted octanol–water partition coefficient (Wildman–Crippen LogP) is 3.92. The van der Waals surface area contributed by atoms with Crippen molar-refractivity contribution < 1.29 is 22.4 Å². The summed E-state index contributed by atoms with van der Waals surface area (Å²) in [4.78, 5) is 13.7. The Kier molecular flexibility index (Phi) is 6.23. The fraction of sp³-hybridized carbons (Fsp3) is 0.211. The highest BCUT2D eigenvalue weighted by molar-refractivity contribution is 5.81. The molecule has 0 fully saturated rings. The molecule has 0 bridgehead atoms. The summed E-state index contributed by atoms with van der Waals surface area (Å²) in [7, 11) is 0. The number of halogens is 4. The van der Waals surface area contributed by atoms with Crippen LogP contribution < -0.4 is 5.32 Å². The molecule has 1 N–H and O–H groups in total. The summed E-state index contributed by atoms with van der Waals surface area (Å²) in [5.41, 5.74) is 0.0615. The van der Waals surface area contributed by atoms with E-state index < -0.39 is 17.6 Å². The highest BCUT2D eigenvalue weighted by atomic mass is 19.4. The second-order valence-electron chi connectivity index (χ2n) is 5.51. The maximum absolute atomic E-state index is 13.0. The number of nitrogens with one attached hydrogen (secondary N) is 1. The molecule has 2 rings (SSSR count). The second-order valence-corrected chi connectivity index (χ2v) is 5.51. The average molecular weight is 364 g/mol. The molecule has 0 saturated heterocycles. The monoisotopic (exact) mass is 364 g/mol. The van der Waals surface area contributed by atoms with Gasteiger partial charge < -0.3 is 10.2 Å². The number of hydrogen-bond donors (Lipinski definition) is 1. The Morgan fingerprint density at radius 2 is 1.85 bits per heavy atom. The summed E-state index contributed by atoms with van der Waals surface area (Å²) in [6.07, 6.45) is 0.812. The molecule has 3 nitrogen and oxygen atoms in total. The smallest absolute Gasteiger partial charge is 0.376 e. The van der Waals surface area contributed by atoms with Gasteiger partial charge >= 0.3 is 6.18 Å². The van der Waals surface area contributed by atoms with Crippen LogP contribution in [0.25, 0.3) is 0 Å². The van der Waals surface area contributed by atoms with Gasteiger partial charge in [0.25, 0.3) is 0 Å². The van der Waals surface area contributed by atoms with E-state index in [1.54, 1.807) is 0 Å². The van der Waals surface area contributed by atoms with E-state index in [4.69, 9.17) is 6.42 Å². The first-order chi connectivity index (χ1) is 12.3. The van der Waals surface area contributed by atoms with Crippen molar-refractivity contribution in [3.05, 3.63) is 65.5 Å². The van der Waals surface area contributed by atoms with Crippen molar-refractivity contribution in [2.24, 2.45) is 0 Å². The fourth-order valence-corrected chi connectivity index (χ4v) is 2.25. The molecule has 0 atom stereocenters. The molecule has 2 aromatic carbocycles. The third-order valence-corrected chi connectivity index (χ3v) is 3.56. The van der Waals surface area contributed by atoms with Crippen molar-refractivity contribution in [2.45, 2.75) is 12.7 Å². The van der Waals surface area contributed by atoms with Gasteiger partial charge in [-0.05, 0) is 35.9 Å². The number of amides is 1. The lowest BCUT2D eigenvalue weighted by Crippen LogP contribution is -2.35. The van der Waals surface area contributed by atoms with Gasteiger partial charge in [0.2, 0.25) is 5.91 Å². The number of carbonyl (C=O) groups excluding carboxylic acids is 1. The molecule has 0 aromatic heterocycles. The summed E-state index contributed by atoms with van der Waals surface area (Å²) in [6, 6.07) is 10.2. The summed E-state index contributed by atoms with van der Waals surface area (Å²) in [5.74, 6) is 1.58. The van der Waals surface area contributed by atoms with Crippen LogP contribution in [0.2, 0.25) is 0 Å². The van der Waals surface area contributed by atoms with Crippen molar-refractivity contribution in [1.29, 1.82) is 0 Å². The fourth-order valence-electron chi connectivity index (χ4n) is 2.25. The molecule has 0 aliphatic carbocycles. The zero-order chi connectivity index (χ0) is 19.2. The Labute approximate surface area is 148 Å². The van der Waals surface area contributed by atoms with Crippen LogP contribution in [0.1, 0.15) is 11.1 Å². The van der Waals surface area contributed by atoms with Gasteiger partial charge in [0, 0.05) is 12.2 Å². The molecule has 0 spiro atoms. The normalized spacial score (nSPS) is 10.9. The number of carbonyl (C=O) groups is 1. The lowest BCUT2D eigenvalue weighted by molar-refractivity contribution is -0.137. The Bertz CT molecular complexity index is 794. The van der Waals surface area contributed by atoms with E-state index in [1.165, 1.54) is 41.3 Å². The van der Waals surface area contributed by atoms with E-state index in [1.807, 2.05) is 0 Å². The largest absolute Gasteiger partial charge is 0.416 e. The van der Waals surface area contributed by atoms with Gasteiger partial charge in [-0.15, -0.1) is 6.42 Å². The third kappa shape index (κ3) is 5.52. The van der Waals surface area contributed by atoms with Gasteiger partial charge in [-0.3, -0.25) is 4.79 Å². The van der Waals surface area contributed by atoms with Gasteiger partial charge in [-0.2, -0.15) is 13.2 Å². The lowest BCUT2D eigenvalue weighted by atomic mass is 10.2. The average Bonchev–Trinajstić information content (AvgIpc) is 2.60. The first-order valence-corrected chi connectivity index (χ1v) is 7.66. The van der Waals surface area contributed by atoms with Gasteiger partial charge in [-0.1, -0.05) is 24.1 Å². The van der Waals surface area contributed by atoms with Crippen molar-refractivity contribution >= 4 is 11.6 Å². The minimum atomic E-state index is -4.46. The highest BCUT2D eigenvalue weighted by Crippen LogP contribution is 2.30. The standard InChI is InChI=1S/C19H16F4N2O/c1-2-10-25(13-14-6-8-16(20)9-7-14)18(26)12-24-17-5-3-4-15(11-17)19(21,22)23/h1,3-9,11,24H,10,12-13H2. The van der Waals surface area contributed by atoms with Crippen LogP contribution in [0.5, 0.6) is 0 Å². The van der Waals surface area contributed by atoms with E-state index in [2.05, 4.69) is 11.2 Å². The Morgan fingerprint density at radius 1 is 1.15 bits per heavy atom. The number of benzene rings is 2.